The summed E-state index contributed by atoms with van der Waals surface area (Å²) < 4.78 is 0. The molecule has 0 bridgehead atoms. The molecule has 0 aliphatic rings. The molecule has 0 N–H and O–H groups in total. The van der Waals surface area contributed by atoms with E-state index in [9.17, 15) is 0 Å². The second-order valence-corrected chi connectivity index (χ2v) is 0. The Morgan fingerprint density at radius 2 is 1.20 bits per heavy atom. The van der Waals surface area contributed by atoms with Crippen LogP contribution in [0.25, 0.3) is 0 Å². The fourth-order valence-corrected chi connectivity index (χ4v) is 0. The molecule has 0 heterocycles. The van der Waals surface area contributed by atoms with E-state index in [1.165, 1.54) is 0 Å². The number of rotatable bonds is 0. The summed E-state index contributed by atoms with van der Waals surface area (Å²) in [7, 11) is 0. The molecule has 0 amide bonds. The van der Waals surface area contributed by atoms with Crippen LogP contribution in [0.15, 0.2) is 0 Å². The van der Waals surface area contributed by atoms with Gasteiger partial charge in [0.1, 0.15) is 0 Å². The van der Waals surface area contributed by atoms with Crippen molar-refractivity contribution in [3.8, 4) is 0 Å². The third-order valence-electron chi connectivity index (χ3n) is 0. The van der Waals surface area contributed by atoms with Crippen molar-refractivity contribution in [3.05, 3.63) is 0 Å². The van der Waals surface area contributed by atoms with Crippen LogP contribution in [0, 0.1) is 0 Å². The van der Waals surface area contributed by atoms with Gasteiger partial charge in [-0.1, -0.05) is 0 Å². The van der Waals surface area contributed by atoms with Crippen molar-refractivity contribution < 1.29 is 85.0 Å². The van der Waals surface area contributed by atoms with Gasteiger partial charge >= 0.3 is 34.0 Å². The van der Waals surface area contributed by atoms with Gasteiger partial charge in [0.05, 0.1) is 0 Å². The molecule has 0 aliphatic carbocycles. The molecule has 0 fully saturated rings. The van der Waals surface area contributed by atoms with Gasteiger partial charge in [0.15, 0.2) is 0 Å². The molecule has 5 heteroatoms. The first-order valence-corrected chi connectivity index (χ1v) is 4.98. The topological polar surface area (TPSA) is 0 Å². The summed E-state index contributed by atoms with van der Waals surface area (Å²) in [5.41, 5.74) is 0. The zero-order chi connectivity index (χ0) is 2.00. The molecule has 0 spiro atoms. The molecular weight excluding hydrogens is 310 g/mol. The monoisotopic (exact) mass is 312 g/mol. The zero-order valence-corrected chi connectivity index (χ0v) is 8.92. The molecule has 34 valence electrons. The minimum atomic E-state index is 0. The quantitative estimate of drug-likeness (QED) is 0.552. The van der Waals surface area contributed by atoms with Gasteiger partial charge in [0.25, 0.3) is 0 Å². The molecule has 0 saturated carbocycles. The van der Waals surface area contributed by atoms with Gasteiger partial charge in [-0.3, -0.25) is 0 Å². The third kappa shape index (κ3) is 19.6. The Morgan fingerprint density at radius 1 is 1.20 bits per heavy atom. The summed E-state index contributed by atoms with van der Waals surface area (Å²) in [4.78, 5) is 0. The first-order valence-electron chi connectivity index (χ1n) is 0.204. The standard InChI is InChI=1S/Cr.Fe.Mo.Ni.Ti. The van der Waals surface area contributed by atoms with Gasteiger partial charge in [0.2, 0.25) is 0 Å². The molecule has 0 unspecified atom stereocenters. The predicted octanol–water partition coefficient (Wildman–Crippen LogP) is -0.0125. The molecule has 0 aromatic rings. The average Bonchev–Trinajstić information content (AvgIpc) is 1.00. The summed E-state index contributed by atoms with van der Waals surface area (Å²) in [5, 5.41) is 0. The number of hydrogen-bond donors (Lipinski definition) is 0. The van der Waals surface area contributed by atoms with Crippen LogP contribution in [0.1, 0.15) is 0 Å². The molecule has 0 aromatic carbocycles. The van der Waals surface area contributed by atoms with Crippen molar-refractivity contribution in [3.63, 3.8) is 0 Å². The Labute approximate surface area is 83.5 Å². The Kier molecular flexibility index (Phi) is 139. The van der Waals surface area contributed by atoms with Crippen LogP contribution in [0.2, 0.25) is 0 Å². The van der Waals surface area contributed by atoms with E-state index in [0.29, 0.717) is 0 Å². The van der Waals surface area contributed by atoms with E-state index < -0.39 is 0 Å². The van der Waals surface area contributed by atoms with Crippen molar-refractivity contribution in [2.24, 2.45) is 0 Å². The maximum absolute atomic E-state index is 2.01. The summed E-state index contributed by atoms with van der Waals surface area (Å²) in [6.45, 7) is 0. The van der Waals surface area contributed by atoms with Gasteiger partial charge < -0.3 is 0 Å². The molecule has 0 nitrogen and oxygen atoms in total. The fourth-order valence-electron chi connectivity index (χ4n) is 0. The van der Waals surface area contributed by atoms with Crippen LogP contribution in [-0.4, -0.2) is 0 Å². The molecule has 0 aliphatic heterocycles. The molecular formula is CrFeMoNiTi. The van der Waals surface area contributed by atoms with E-state index in [2.05, 4.69) is 0 Å². The molecule has 0 atom stereocenters. The predicted molar refractivity (Wildman–Crippen MR) is 0 cm³/mol. The summed E-state index contributed by atoms with van der Waals surface area (Å²) >= 11 is 3.96. The van der Waals surface area contributed by atoms with Gasteiger partial charge in [-0.25, -0.2) is 0 Å². The van der Waals surface area contributed by atoms with Crippen LogP contribution >= 0.6 is 0 Å². The SMILES string of the molecule is [Cr].[Fe].[Ni].[Ti][Mo]. The Hall–Kier alpha value is 2.95. The van der Waals surface area contributed by atoms with Gasteiger partial charge in [-0.2, -0.15) is 0 Å². The summed E-state index contributed by atoms with van der Waals surface area (Å²) in [6, 6.07) is 0. The van der Waals surface area contributed by atoms with Crippen molar-refractivity contribution in [1.82, 2.24) is 0 Å². The summed E-state index contributed by atoms with van der Waals surface area (Å²) in [6.07, 6.45) is 0. The van der Waals surface area contributed by atoms with Crippen LogP contribution in [0.5, 0.6) is 0 Å². The van der Waals surface area contributed by atoms with Gasteiger partial charge in [-0.15, -0.1) is 0 Å². The van der Waals surface area contributed by atoms with E-state index in [1.54, 1.807) is 0 Å². The van der Waals surface area contributed by atoms with Crippen molar-refractivity contribution in [2.75, 3.05) is 0 Å². The van der Waals surface area contributed by atoms with Crippen molar-refractivity contribution in [2.45, 2.75) is 0 Å². The molecule has 0 rings (SSSR count). The second-order valence-electron chi connectivity index (χ2n) is 0. The normalized spacial score (nSPS) is 0.600. The van der Waals surface area contributed by atoms with Gasteiger partial charge in [0, 0.05) is 50.9 Å². The Morgan fingerprint density at radius 3 is 1.20 bits per heavy atom. The Bertz CT molecular complexity index is 11.6. The van der Waals surface area contributed by atoms with Crippen LogP contribution < -0.4 is 0 Å². The maximum atomic E-state index is 2.01. The minimum absolute atomic E-state index is 0. The zero-order valence-electron chi connectivity index (χ0n) is 1.99. The van der Waals surface area contributed by atoms with Crippen molar-refractivity contribution in [1.29, 1.82) is 0 Å². The number of hydrogen-bond acceptors (Lipinski definition) is 0. The van der Waals surface area contributed by atoms with E-state index in [1.807, 2.05) is 34.0 Å². The molecule has 0 aromatic heterocycles. The molecule has 5 heavy (non-hydrogen) atoms. The average molecular weight is 310 g/mol. The molecule has 0 saturated heterocycles. The Balaban J connectivity index is -0.00000000167. The van der Waals surface area contributed by atoms with E-state index in [0.717, 1.165) is 0 Å². The first kappa shape index (κ1) is 24.6. The van der Waals surface area contributed by atoms with E-state index in [4.69, 9.17) is 0 Å². The van der Waals surface area contributed by atoms with Crippen LogP contribution in [-0.2, 0) is 85.0 Å². The summed E-state index contributed by atoms with van der Waals surface area (Å²) in [5.74, 6) is 0. The van der Waals surface area contributed by atoms with Gasteiger partial charge in [-0.05, 0) is 0 Å². The molecule has 0 radical (unpaired) electrons. The van der Waals surface area contributed by atoms with E-state index >= 15 is 0 Å². The van der Waals surface area contributed by atoms with Crippen LogP contribution in [0.4, 0.5) is 0 Å². The first-order chi connectivity index (χ1) is 1.00. The second kappa shape index (κ2) is 28.3. The van der Waals surface area contributed by atoms with Crippen molar-refractivity contribution >= 4 is 0 Å². The van der Waals surface area contributed by atoms with E-state index in [-0.39, 0.29) is 50.9 Å². The van der Waals surface area contributed by atoms with Crippen LogP contribution in [0.3, 0.4) is 0 Å². The third-order valence-corrected chi connectivity index (χ3v) is 0. The fraction of sp³-hybridized carbons (Fsp3) is 0.